The highest BCUT2D eigenvalue weighted by atomic mass is 16.4. The van der Waals surface area contributed by atoms with Gasteiger partial charge >= 0.3 is 5.97 Å². The Morgan fingerprint density at radius 1 is 1.25 bits per heavy atom. The molecule has 0 radical (unpaired) electrons. The summed E-state index contributed by atoms with van der Waals surface area (Å²) in [6.45, 7) is 0.0233. The first-order valence-electron chi connectivity index (χ1n) is 6.18. The summed E-state index contributed by atoms with van der Waals surface area (Å²) in [5, 5.41) is 22.4. The van der Waals surface area contributed by atoms with Gasteiger partial charge in [-0.3, -0.25) is 4.79 Å². The van der Waals surface area contributed by atoms with E-state index in [4.69, 9.17) is 5.11 Å². The van der Waals surface area contributed by atoms with Crippen LogP contribution in [0.2, 0.25) is 0 Å². The van der Waals surface area contributed by atoms with Crippen molar-refractivity contribution in [3.8, 4) is 0 Å². The third-order valence-electron chi connectivity index (χ3n) is 4.64. The Bertz CT molecular complexity index is 314. The van der Waals surface area contributed by atoms with Crippen LogP contribution in [0.25, 0.3) is 0 Å². The quantitative estimate of drug-likeness (QED) is 0.662. The van der Waals surface area contributed by atoms with Gasteiger partial charge in [0.1, 0.15) is 0 Å². The monoisotopic (exact) mass is 225 g/mol. The van der Waals surface area contributed by atoms with Gasteiger partial charge in [-0.2, -0.15) is 0 Å². The van der Waals surface area contributed by atoms with Gasteiger partial charge in [0.05, 0.1) is 12.1 Å². The van der Waals surface area contributed by atoms with Crippen molar-refractivity contribution in [1.82, 2.24) is 5.32 Å². The molecule has 0 saturated heterocycles. The fourth-order valence-corrected chi connectivity index (χ4v) is 4.68. The maximum atomic E-state index is 10.6. The molecule has 3 N–H and O–H groups in total. The molecular weight excluding hydrogens is 206 g/mol. The van der Waals surface area contributed by atoms with Gasteiger partial charge in [0.2, 0.25) is 0 Å². The largest absolute Gasteiger partial charge is 0.480 e. The molecule has 0 spiro atoms. The predicted molar refractivity (Wildman–Crippen MR) is 58.0 cm³/mol. The number of carboxylic acids is 1. The maximum Gasteiger partial charge on any atom is 0.317 e. The molecule has 4 aliphatic rings. The topological polar surface area (TPSA) is 69.6 Å². The second kappa shape index (κ2) is 3.20. The van der Waals surface area contributed by atoms with Gasteiger partial charge in [0.15, 0.2) is 0 Å². The molecule has 0 aromatic rings. The van der Waals surface area contributed by atoms with Crippen molar-refractivity contribution >= 4 is 5.97 Å². The lowest BCUT2D eigenvalue weighted by Crippen LogP contribution is -2.65. The SMILES string of the molecule is O=C(O)CNC12C[C@@H]3C[C@H](CC(O)(C3)C1)C2. The molecule has 4 heteroatoms. The first-order chi connectivity index (χ1) is 7.49. The molecular formula is C12H19NO3. The van der Waals surface area contributed by atoms with Gasteiger partial charge in [-0.05, 0) is 50.4 Å². The van der Waals surface area contributed by atoms with Crippen molar-refractivity contribution < 1.29 is 15.0 Å². The molecule has 4 rings (SSSR count). The first kappa shape index (κ1) is 10.5. The normalized spacial score (nSPS) is 49.6. The number of rotatable bonds is 3. The number of aliphatic hydroxyl groups is 1. The number of carboxylic acid groups (broad SMARTS) is 1. The van der Waals surface area contributed by atoms with E-state index in [1.54, 1.807) is 0 Å². The summed E-state index contributed by atoms with van der Waals surface area (Å²) in [4.78, 5) is 10.6. The van der Waals surface area contributed by atoms with Crippen LogP contribution in [0.4, 0.5) is 0 Å². The van der Waals surface area contributed by atoms with Crippen LogP contribution in [-0.4, -0.2) is 33.9 Å². The molecule has 0 unspecified atom stereocenters. The minimum Gasteiger partial charge on any atom is -0.480 e. The predicted octanol–water partition coefficient (Wildman–Crippen LogP) is 0.744. The number of hydrogen-bond donors (Lipinski definition) is 3. The minimum absolute atomic E-state index is 0.0233. The van der Waals surface area contributed by atoms with Crippen LogP contribution >= 0.6 is 0 Å². The Hall–Kier alpha value is -0.610. The lowest BCUT2D eigenvalue weighted by atomic mass is 9.51. The smallest absolute Gasteiger partial charge is 0.317 e. The minimum atomic E-state index is -0.803. The van der Waals surface area contributed by atoms with E-state index in [1.165, 1.54) is 6.42 Å². The number of nitrogens with one attached hydrogen (secondary N) is 1. The molecule has 4 bridgehead atoms. The summed E-state index contributed by atoms with van der Waals surface area (Å²) in [5.41, 5.74) is -0.590. The maximum absolute atomic E-state index is 10.6. The second-order valence-electron chi connectivity index (χ2n) is 6.21. The molecule has 90 valence electrons. The molecule has 16 heavy (non-hydrogen) atoms. The zero-order chi connectivity index (χ0) is 11.4. The lowest BCUT2D eigenvalue weighted by molar-refractivity contribution is -0.149. The van der Waals surface area contributed by atoms with E-state index in [0.29, 0.717) is 11.8 Å². The first-order valence-corrected chi connectivity index (χ1v) is 6.18. The molecule has 0 aliphatic heterocycles. The molecule has 0 aromatic carbocycles. The van der Waals surface area contributed by atoms with Crippen LogP contribution in [0.1, 0.15) is 38.5 Å². The number of carbonyl (C=O) groups is 1. The third-order valence-corrected chi connectivity index (χ3v) is 4.64. The summed E-state index contributed by atoms with van der Waals surface area (Å²) in [7, 11) is 0. The molecule has 2 atom stereocenters. The highest BCUT2D eigenvalue weighted by molar-refractivity contribution is 5.69. The van der Waals surface area contributed by atoms with E-state index in [9.17, 15) is 9.90 Å². The van der Waals surface area contributed by atoms with E-state index in [0.717, 1.165) is 32.1 Å². The Morgan fingerprint density at radius 3 is 2.38 bits per heavy atom. The second-order valence-corrected chi connectivity index (χ2v) is 6.21. The van der Waals surface area contributed by atoms with Crippen molar-refractivity contribution in [2.75, 3.05) is 6.54 Å². The summed E-state index contributed by atoms with van der Waals surface area (Å²) in [6.07, 6.45) is 5.96. The molecule has 4 saturated carbocycles. The molecule has 4 nitrogen and oxygen atoms in total. The highest BCUT2D eigenvalue weighted by Gasteiger charge is 2.56. The van der Waals surface area contributed by atoms with Crippen LogP contribution in [0.15, 0.2) is 0 Å². The van der Waals surface area contributed by atoms with Crippen LogP contribution < -0.4 is 5.32 Å². The average molecular weight is 225 g/mol. The van der Waals surface area contributed by atoms with Gasteiger partial charge < -0.3 is 15.5 Å². The molecule has 0 heterocycles. The van der Waals surface area contributed by atoms with Gasteiger partial charge in [0.25, 0.3) is 0 Å². The van der Waals surface area contributed by atoms with Gasteiger partial charge in [-0.1, -0.05) is 0 Å². The Kier molecular flexibility index (Phi) is 2.11. The van der Waals surface area contributed by atoms with Crippen molar-refractivity contribution in [3.63, 3.8) is 0 Å². The van der Waals surface area contributed by atoms with E-state index in [-0.39, 0.29) is 12.1 Å². The van der Waals surface area contributed by atoms with Crippen molar-refractivity contribution in [2.24, 2.45) is 11.8 Å². The number of hydrogen-bond acceptors (Lipinski definition) is 3. The van der Waals surface area contributed by atoms with Gasteiger partial charge in [-0.25, -0.2) is 0 Å². The van der Waals surface area contributed by atoms with Crippen molar-refractivity contribution in [1.29, 1.82) is 0 Å². The summed E-state index contributed by atoms with van der Waals surface area (Å²) in [5.74, 6) is 0.405. The number of aliphatic carboxylic acids is 1. The molecule has 0 aromatic heterocycles. The van der Waals surface area contributed by atoms with Gasteiger partial charge in [0, 0.05) is 5.54 Å². The van der Waals surface area contributed by atoms with Crippen LogP contribution in [0.3, 0.4) is 0 Å². The fraction of sp³-hybridized carbons (Fsp3) is 0.917. The van der Waals surface area contributed by atoms with Crippen LogP contribution in [0.5, 0.6) is 0 Å². The van der Waals surface area contributed by atoms with Crippen LogP contribution in [0, 0.1) is 11.8 Å². The molecule has 0 amide bonds. The standard InChI is InChI=1S/C12H19NO3/c14-10(15)6-13-11-2-8-1-9(3-11)5-12(16,4-8)7-11/h8-9,13,16H,1-7H2,(H,14,15)/t8-,9-,11?,12?/m0/s1. The molecule has 4 fully saturated rings. The van der Waals surface area contributed by atoms with E-state index in [1.807, 2.05) is 0 Å². The van der Waals surface area contributed by atoms with Crippen molar-refractivity contribution in [2.45, 2.75) is 49.7 Å². The fourth-order valence-electron chi connectivity index (χ4n) is 4.68. The Balaban J connectivity index is 1.78. The highest BCUT2D eigenvalue weighted by Crippen LogP contribution is 2.57. The summed E-state index contributed by atoms with van der Waals surface area (Å²) >= 11 is 0. The van der Waals surface area contributed by atoms with E-state index >= 15 is 0 Å². The summed E-state index contributed by atoms with van der Waals surface area (Å²) < 4.78 is 0. The Labute approximate surface area is 95.0 Å². The zero-order valence-electron chi connectivity index (χ0n) is 9.41. The lowest BCUT2D eigenvalue weighted by Gasteiger charge is -2.60. The van der Waals surface area contributed by atoms with Crippen molar-refractivity contribution in [3.05, 3.63) is 0 Å². The average Bonchev–Trinajstić information content (AvgIpc) is 2.10. The summed E-state index contributed by atoms with van der Waals surface area (Å²) in [6, 6.07) is 0. The third kappa shape index (κ3) is 1.64. The zero-order valence-corrected chi connectivity index (χ0v) is 9.41. The molecule has 4 aliphatic carbocycles. The Morgan fingerprint density at radius 2 is 1.88 bits per heavy atom. The van der Waals surface area contributed by atoms with Gasteiger partial charge in [-0.15, -0.1) is 0 Å². The van der Waals surface area contributed by atoms with E-state index in [2.05, 4.69) is 5.32 Å². The van der Waals surface area contributed by atoms with E-state index < -0.39 is 11.6 Å². The van der Waals surface area contributed by atoms with Crippen LogP contribution in [-0.2, 0) is 4.79 Å².